The second-order valence-electron chi connectivity index (χ2n) is 6.30. The van der Waals surface area contributed by atoms with Gasteiger partial charge in [0.1, 0.15) is 5.92 Å². The Morgan fingerprint density at radius 1 is 1.16 bits per heavy atom. The predicted molar refractivity (Wildman–Crippen MR) is 74.2 cm³/mol. The highest BCUT2D eigenvalue weighted by molar-refractivity contribution is 7.99. The van der Waals surface area contributed by atoms with E-state index in [1.54, 1.807) is 0 Å². The molecule has 0 aromatic carbocycles. The van der Waals surface area contributed by atoms with Crippen molar-refractivity contribution in [1.82, 2.24) is 5.32 Å². The van der Waals surface area contributed by atoms with Gasteiger partial charge in [0, 0.05) is 12.3 Å². The highest BCUT2D eigenvalue weighted by atomic mass is 32.2. The Labute approximate surface area is 117 Å². The largest absolute Gasteiger partial charge is 0.401 e. The third-order valence-electron chi connectivity index (χ3n) is 2.24. The molecule has 0 aliphatic heterocycles. The van der Waals surface area contributed by atoms with E-state index in [0.717, 1.165) is 0 Å². The summed E-state index contributed by atoms with van der Waals surface area (Å²) in [5.41, 5.74) is -0.225. The van der Waals surface area contributed by atoms with E-state index in [9.17, 15) is 18.0 Å². The van der Waals surface area contributed by atoms with Crippen LogP contribution < -0.4 is 5.32 Å². The SMILES string of the molecule is CC(C)CSCC(C(=O)NCC(C)(C)C)C(F)(F)F. The first kappa shape index (κ1) is 18.6. The normalized spacial score (nSPS) is 14.6. The summed E-state index contributed by atoms with van der Waals surface area (Å²) >= 11 is 1.18. The number of halogens is 3. The van der Waals surface area contributed by atoms with Crippen LogP contribution in [0.15, 0.2) is 0 Å². The smallest absolute Gasteiger partial charge is 0.355 e. The Kier molecular flexibility index (Phi) is 7.26. The van der Waals surface area contributed by atoms with E-state index in [4.69, 9.17) is 0 Å². The van der Waals surface area contributed by atoms with E-state index in [1.165, 1.54) is 11.8 Å². The minimum Gasteiger partial charge on any atom is -0.355 e. The Morgan fingerprint density at radius 2 is 1.68 bits per heavy atom. The molecule has 6 heteroatoms. The molecule has 0 saturated carbocycles. The maximum Gasteiger partial charge on any atom is 0.401 e. The summed E-state index contributed by atoms with van der Waals surface area (Å²) in [4.78, 5) is 11.7. The lowest BCUT2D eigenvalue weighted by Crippen LogP contribution is -2.43. The van der Waals surface area contributed by atoms with Gasteiger partial charge in [-0.3, -0.25) is 4.79 Å². The number of nitrogens with one attached hydrogen (secondary N) is 1. The fraction of sp³-hybridized carbons (Fsp3) is 0.923. The Balaban J connectivity index is 4.46. The molecule has 0 saturated heterocycles. The second-order valence-corrected chi connectivity index (χ2v) is 7.38. The molecule has 0 radical (unpaired) electrons. The van der Waals surface area contributed by atoms with Crippen LogP contribution in [0.2, 0.25) is 0 Å². The van der Waals surface area contributed by atoms with Crippen molar-refractivity contribution in [3.05, 3.63) is 0 Å². The van der Waals surface area contributed by atoms with Crippen molar-refractivity contribution in [2.24, 2.45) is 17.3 Å². The van der Waals surface area contributed by atoms with Crippen LogP contribution in [-0.4, -0.2) is 30.1 Å². The topological polar surface area (TPSA) is 29.1 Å². The number of hydrogen-bond donors (Lipinski definition) is 1. The van der Waals surface area contributed by atoms with E-state index < -0.39 is 18.0 Å². The Bertz CT molecular complexity index is 285. The Morgan fingerprint density at radius 3 is 2.05 bits per heavy atom. The third-order valence-corrected chi connectivity index (χ3v) is 3.71. The van der Waals surface area contributed by atoms with Crippen LogP contribution in [0.1, 0.15) is 34.6 Å². The molecule has 1 unspecified atom stereocenters. The predicted octanol–water partition coefficient (Wildman–Crippen LogP) is 3.72. The molecule has 0 rings (SSSR count). The highest BCUT2D eigenvalue weighted by Crippen LogP contribution is 2.30. The minimum absolute atomic E-state index is 0.211. The number of hydrogen-bond acceptors (Lipinski definition) is 2. The monoisotopic (exact) mass is 299 g/mol. The number of carbonyl (C=O) groups excluding carboxylic acids is 1. The quantitative estimate of drug-likeness (QED) is 0.810. The molecule has 0 aliphatic rings. The summed E-state index contributed by atoms with van der Waals surface area (Å²) < 4.78 is 38.5. The fourth-order valence-electron chi connectivity index (χ4n) is 1.22. The zero-order valence-corrected chi connectivity index (χ0v) is 13.0. The fourth-order valence-corrected chi connectivity index (χ4v) is 2.40. The van der Waals surface area contributed by atoms with Crippen LogP contribution >= 0.6 is 11.8 Å². The number of rotatable bonds is 6. The molecule has 2 nitrogen and oxygen atoms in total. The Hall–Kier alpha value is -0.390. The first-order valence-corrected chi connectivity index (χ1v) is 7.51. The minimum atomic E-state index is -4.48. The van der Waals surface area contributed by atoms with Crippen LogP contribution in [-0.2, 0) is 4.79 Å². The van der Waals surface area contributed by atoms with Crippen molar-refractivity contribution >= 4 is 17.7 Å². The van der Waals surface area contributed by atoms with E-state index in [-0.39, 0.29) is 17.7 Å². The van der Waals surface area contributed by atoms with Crippen molar-refractivity contribution < 1.29 is 18.0 Å². The summed E-state index contributed by atoms with van der Waals surface area (Å²) in [7, 11) is 0. The number of thioether (sulfide) groups is 1. The van der Waals surface area contributed by atoms with Crippen LogP contribution in [0.5, 0.6) is 0 Å². The van der Waals surface area contributed by atoms with E-state index in [1.807, 2.05) is 34.6 Å². The van der Waals surface area contributed by atoms with Crippen molar-refractivity contribution in [3.63, 3.8) is 0 Å². The average molecular weight is 299 g/mol. The number of amides is 1. The number of alkyl halides is 3. The number of carbonyl (C=O) groups is 1. The van der Waals surface area contributed by atoms with E-state index in [0.29, 0.717) is 11.7 Å². The standard InChI is InChI=1S/C13H24F3NOS/c1-9(2)6-19-7-10(13(14,15)16)11(18)17-8-12(3,4)5/h9-10H,6-8H2,1-5H3,(H,17,18). The van der Waals surface area contributed by atoms with E-state index in [2.05, 4.69) is 5.32 Å². The molecule has 1 atom stereocenters. The van der Waals surface area contributed by atoms with E-state index >= 15 is 0 Å². The molecule has 1 N–H and O–H groups in total. The second kappa shape index (κ2) is 7.41. The molecule has 0 aliphatic carbocycles. The van der Waals surface area contributed by atoms with Crippen molar-refractivity contribution in [2.45, 2.75) is 40.8 Å². The lowest BCUT2D eigenvalue weighted by Gasteiger charge is -2.23. The van der Waals surface area contributed by atoms with Gasteiger partial charge in [0.2, 0.25) is 5.91 Å². The van der Waals surface area contributed by atoms with Crippen molar-refractivity contribution in [3.8, 4) is 0 Å². The van der Waals surface area contributed by atoms with Crippen LogP contribution in [0.4, 0.5) is 13.2 Å². The zero-order chi connectivity index (χ0) is 15.3. The molecular weight excluding hydrogens is 275 g/mol. The first-order valence-electron chi connectivity index (χ1n) is 6.35. The van der Waals surface area contributed by atoms with Crippen LogP contribution in [0.25, 0.3) is 0 Å². The molecule has 19 heavy (non-hydrogen) atoms. The molecule has 1 amide bonds. The highest BCUT2D eigenvalue weighted by Gasteiger charge is 2.44. The summed E-state index contributed by atoms with van der Waals surface area (Å²) in [5, 5.41) is 2.40. The van der Waals surface area contributed by atoms with Gasteiger partial charge in [-0.15, -0.1) is 0 Å². The van der Waals surface area contributed by atoms with Gasteiger partial charge in [0.05, 0.1) is 0 Å². The van der Waals surface area contributed by atoms with Crippen LogP contribution in [0.3, 0.4) is 0 Å². The lowest BCUT2D eigenvalue weighted by atomic mass is 9.96. The summed E-state index contributed by atoms with van der Waals surface area (Å²) in [6.45, 7) is 9.72. The average Bonchev–Trinajstić information content (AvgIpc) is 2.17. The molecule has 0 aromatic rings. The first-order chi connectivity index (χ1) is 8.43. The molecular formula is C13H24F3NOS. The summed E-state index contributed by atoms with van der Waals surface area (Å²) in [6, 6.07) is 0. The summed E-state index contributed by atoms with van der Waals surface area (Å²) in [5.74, 6) is -2.11. The van der Waals surface area contributed by atoms with Gasteiger partial charge in [0.25, 0.3) is 0 Å². The molecule has 0 heterocycles. The van der Waals surface area contributed by atoms with Crippen molar-refractivity contribution in [1.29, 1.82) is 0 Å². The molecule has 0 fully saturated rings. The molecule has 0 aromatic heterocycles. The third kappa shape index (κ3) is 9.19. The van der Waals surface area contributed by atoms with Gasteiger partial charge in [-0.1, -0.05) is 34.6 Å². The van der Waals surface area contributed by atoms with Gasteiger partial charge >= 0.3 is 6.18 Å². The molecule has 114 valence electrons. The van der Waals surface area contributed by atoms with Gasteiger partial charge in [-0.05, 0) is 17.1 Å². The van der Waals surface area contributed by atoms with Gasteiger partial charge in [0.15, 0.2) is 0 Å². The van der Waals surface area contributed by atoms with Crippen LogP contribution in [0, 0.1) is 17.3 Å². The van der Waals surface area contributed by atoms with Crippen molar-refractivity contribution in [2.75, 3.05) is 18.1 Å². The maximum atomic E-state index is 12.8. The zero-order valence-electron chi connectivity index (χ0n) is 12.2. The van der Waals surface area contributed by atoms with Gasteiger partial charge in [-0.2, -0.15) is 24.9 Å². The van der Waals surface area contributed by atoms with Gasteiger partial charge in [-0.25, -0.2) is 0 Å². The maximum absolute atomic E-state index is 12.8. The molecule has 0 bridgehead atoms. The molecule has 0 spiro atoms. The summed E-state index contributed by atoms with van der Waals surface area (Å²) in [6.07, 6.45) is -4.48. The van der Waals surface area contributed by atoms with Gasteiger partial charge < -0.3 is 5.32 Å². The lowest BCUT2D eigenvalue weighted by molar-refractivity contribution is -0.177.